The molecule has 1 aliphatic rings. The Labute approximate surface area is 128 Å². The van der Waals surface area contributed by atoms with Gasteiger partial charge in [-0.15, -0.1) is 0 Å². The maximum absolute atomic E-state index is 12.0. The van der Waals surface area contributed by atoms with E-state index in [9.17, 15) is 4.79 Å². The van der Waals surface area contributed by atoms with Gasteiger partial charge in [-0.3, -0.25) is 14.6 Å². The van der Waals surface area contributed by atoms with Crippen LogP contribution >= 0.6 is 0 Å². The van der Waals surface area contributed by atoms with Crippen molar-refractivity contribution in [3.05, 3.63) is 35.9 Å². The monoisotopic (exact) mass is 289 g/mol. The number of rotatable bonds is 6. The fraction of sp³-hybridized carbons (Fsp3) is 0.588. The summed E-state index contributed by atoms with van der Waals surface area (Å²) in [6.45, 7) is 9.86. The van der Waals surface area contributed by atoms with Gasteiger partial charge in [-0.2, -0.15) is 0 Å². The number of benzene rings is 1. The molecule has 21 heavy (non-hydrogen) atoms. The molecule has 1 heterocycles. The summed E-state index contributed by atoms with van der Waals surface area (Å²) >= 11 is 0. The molecule has 1 N–H and O–H groups in total. The van der Waals surface area contributed by atoms with Crippen LogP contribution in [0.5, 0.6) is 0 Å². The molecular weight excluding hydrogens is 262 g/mol. The number of hydrogen-bond acceptors (Lipinski definition) is 3. The second-order valence-corrected chi connectivity index (χ2v) is 5.76. The first kappa shape index (κ1) is 16.0. The van der Waals surface area contributed by atoms with E-state index >= 15 is 0 Å². The lowest BCUT2D eigenvalue weighted by atomic mass is 10.1. The van der Waals surface area contributed by atoms with Crippen molar-refractivity contribution in [1.29, 1.82) is 0 Å². The van der Waals surface area contributed by atoms with Gasteiger partial charge in [0.1, 0.15) is 0 Å². The third-order valence-electron chi connectivity index (χ3n) is 4.13. The van der Waals surface area contributed by atoms with Crippen molar-refractivity contribution in [3.63, 3.8) is 0 Å². The summed E-state index contributed by atoms with van der Waals surface area (Å²) in [5, 5.41) is 2.99. The number of hydrogen-bond donors (Lipinski definition) is 1. The number of amides is 1. The Morgan fingerprint density at radius 1 is 1.19 bits per heavy atom. The molecule has 0 radical (unpaired) electrons. The standard InChI is InChI=1S/C17H27N3O/c1-3-9-18-17(21)15(2)20-12-10-19(11-13-20)14-16-7-5-4-6-8-16/h4-8,15H,3,9-14H2,1-2H3,(H,18,21). The van der Waals surface area contributed by atoms with Gasteiger partial charge in [-0.25, -0.2) is 0 Å². The molecule has 2 rings (SSSR count). The van der Waals surface area contributed by atoms with Crippen molar-refractivity contribution in [1.82, 2.24) is 15.1 Å². The quantitative estimate of drug-likeness (QED) is 0.866. The Hall–Kier alpha value is -1.39. The molecule has 1 fully saturated rings. The molecule has 1 unspecified atom stereocenters. The summed E-state index contributed by atoms with van der Waals surface area (Å²) in [7, 11) is 0. The highest BCUT2D eigenvalue weighted by Gasteiger charge is 2.25. The number of piperazine rings is 1. The molecule has 1 amide bonds. The van der Waals surface area contributed by atoms with E-state index in [2.05, 4.69) is 52.4 Å². The van der Waals surface area contributed by atoms with Gasteiger partial charge >= 0.3 is 0 Å². The van der Waals surface area contributed by atoms with E-state index in [1.54, 1.807) is 0 Å². The summed E-state index contributed by atoms with van der Waals surface area (Å²) in [5.74, 6) is 0.161. The van der Waals surface area contributed by atoms with Gasteiger partial charge in [0.25, 0.3) is 0 Å². The van der Waals surface area contributed by atoms with Gasteiger partial charge in [-0.1, -0.05) is 37.3 Å². The minimum Gasteiger partial charge on any atom is -0.355 e. The molecule has 0 bridgehead atoms. The van der Waals surface area contributed by atoms with Crippen molar-refractivity contribution in [2.24, 2.45) is 0 Å². The van der Waals surface area contributed by atoms with Crippen LogP contribution in [0.3, 0.4) is 0 Å². The second kappa shape index (κ2) is 8.15. The van der Waals surface area contributed by atoms with Gasteiger partial charge in [0.2, 0.25) is 5.91 Å². The van der Waals surface area contributed by atoms with E-state index in [4.69, 9.17) is 0 Å². The molecule has 0 aromatic heterocycles. The molecule has 4 nitrogen and oxygen atoms in total. The smallest absolute Gasteiger partial charge is 0.237 e. The number of nitrogens with zero attached hydrogens (tertiary/aromatic N) is 2. The summed E-state index contributed by atoms with van der Waals surface area (Å²) in [6.07, 6.45) is 0.989. The molecular formula is C17H27N3O. The van der Waals surface area contributed by atoms with E-state index in [0.717, 1.165) is 45.7 Å². The molecule has 1 aromatic carbocycles. The lowest BCUT2D eigenvalue weighted by Crippen LogP contribution is -2.53. The zero-order valence-electron chi connectivity index (χ0n) is 13.2. The van der Waals surface area contributed by atoms with E-state index in [1.807, 2.05) is 6.92 Å². The second-order valence-electron chi connectivity index (χ2n) is 5.76. The van der Waals surface area contributed by atoms with Crippen molar-refractivity contribution >= 4 is 5.91 Å². The average Bonchev–Trinajstić information content (AvgIpc) is 2.53. The lowest BCUT2D eigenvalue weighted by Gasteiger charge is -2.37. The third kappa shape index (κ3) is 4.83. The number of carbonyl (C=O) groups is 1. The molecule has 0 aliphatic carbocycles. The molecule has 0 spiro atoms. The molecule has 0 saturated carbocycles. The van der Waals surface area contributed by atoms with Crippen molar-refractivity contribution in [2.75, 3.05) is 32.7 Å². The van der Waals surface area contributed by atoms with Gasteiger partial charge in [0, 0.05) is 39.3 Å². The van der Waals surface area contributed by atoms with E-state index in [-0.39, 0.29) is 11.9 Å². The van der Waals surface area contributed by atoms with Crippen LogP contribution in [0.2, 0.25) is 0 Å². The maximum Gasteiger partial charge on any atom is 0.237 e. The van der Waals surface area contributed by atoms with E-state index in [0.29, 0.717) is 0 Å². The first-order valence-corrected chi connectivity index (χ1v) is 7.98. The summed E-state index contributed by atoms with van der Waals surface area (Å²) in [6, 6.07) is 10.6. The van der Waals surface area contributed by atoms with E-state index in [1.165, 1.54) is 5.56 Å². The zero-order valence-corrected chi connectivity index (χ0v) is 13.2. The van der Waals surface area contributed by atoms with Crippen LogP contribution in [-0.4, -0.2) is 54.5 Å². The predicted molar refractivity (Wildman–Crippen MR) is 86.1 cm³/mol. The summed E-state index contributed by atoms with van der Waals surface area (Å²) in [4.78, 5) is 16.8. The van der Waals surface area contributed by atoms with Crippen molar-refractivity contribution in [3.8, 4) is 0 Å². The largest absolute Gasteiger partial charge is 0.355 e. The minimum atomic E-state index is -0.0181. The van der Waals surface area contributed by atoms with Gasteiger partial charge in [-0.05, 0) is 18.9 Å². The van der Waals surface area contributed by atoms with Crippen molar-refractivity contribution < 1.29 is 4.79 Å². The number of nitrogens with one attached hydrogen (secondary N) is 1. The lowest BCUT2D eigenvalue weighted by molar-refractivity contribution is -0.126. The van der Waals surface area contributed by atoms with Crippen LogP contribution < -0.4 is 5.32 Å². The molecule has 1 aliphatic heterocycles. The van der Waals surface area contributed by atoms with Gasteiger partial charge in [0.05, 0.1) is 6.04 Å². The highest BCUT2D eigenvalue weighted by atomic mass is 16.2. The van der Waals surface area contributed by atoms with Crippen LogP contribution in [0.15, 0.2) is 30.3 Å². The van der Waals surface area contributed by atoms with Crippen LogP contribution in [0.25, 0.3) is 0 Å². The Balaban J connectivity index is 1.76. The maximum atomic E-state index is 12.0. The third-order valence-corrected chi connectivity index (χ3v) is 4.13. The van der Waals surface area contributed by atoms with Crippen molar-refractivity contribution in [2.45, 2.75) is 32.9 Å². The Morgan fingerprint density at radius 3 is 2.48 bits per heavy atom. The summed E-state index contributed by atoms with van der Waals surface area (Å²) in [5.41, 5.74) is 1.36. The van der Waals surface area contributed by atoms with Crippen LogP contribution in [0, 0.1) is 0 Å². The van der Waals surface area contributed by atoms with Gasteiger partial charge < -0.3 is 5.32 Å². The predicted octanol–water partition coefficient (Wildman–Crippen LogP) is 1.72. The molecule has 4 heteroatoms. The molecule has 116 valence electrons. The first-order chi connectivity index (χ1) is 10.2. The highest BCUT2D eigenvalue weighted by molar-refractivity contribution is 5.81. The Morgan fingerprint density at radius 2 is 1.86 bits per heavy atom. The highest BCUT2D eigenvalue weighted by Crippen LogP contribution is 2.10. The Bertz CT molecular complexity index is 427. The molecule has 1 atom stereocenters. The normalized spacial score (nSPS) is 18.4. The van der Waals surface area contributed by atoms with Crippen LogP contribution in [-0.2, 0) is 11.3 Å². The average molecular weight is 289 g/mol. The van der Waals surface area contributed by atoms with E-state index < -0.39 is 0 Å². The minimum absolute atomic E-state index is 0.0181. The number of carbonyl (C=O) groups excluding carboxylic acids is 1. The topological polar surface area (TPSA) is 35.6 Å². The SMILES string of the molecule is CCCNC(=O)C(C)N1CCN(Cc2ccccc2)CC1. The van der Waals surface area contributed by atoms with Gasteiger partial charge in [0.15, 0.2) is 0 Å². The van der Waals surface area contributed by atoms with Crippen LogP contribution in [0.4, 0.5) is 0 Å². The fourth-order valence-electron chi connectivity index (χ4n) is 2.71. The fourth-order valence-corrected chi connectivity index (χ4v) is 2.71. The summed E-state index contributed by atoms with van der Waals surface area (Å²) < 4.78 is 0. The Kier molecular flexibility index (Phi) is 6.21. The zero-order chi connectivity index (χ0) is 15.1. The van der Waals surface area contributed by atoms with Crippen LogP contribution in [0.1, 0.15) is 25.8 Å². The molecule has 1 aromatic rings. The molecule has 1 saturated heterocycles. The first-order valence-electron chi connectivity index (χ1n) is 7.98.